The Kier molecular flexibility index (Phi) is 5.68. The van der Waals surface area contributed by atoms with Crippen LogP contribution in [0.4, 0.5) is 11.4 Å². The van der Waals surface area contributed by atoms with Gasteiger partial charge in [0.05, 0.1) is 30.1 Å². The van der Waals surface area contributed by atoms with Gasteiger partial charge in [-0.25, -0.2) is 9.97 Å². The maximum atomic E-state index is 11.6. The van der Waals surface area contributed by atoms with Crippen LogP contribution in [-0.2, 0) is 0 Å². The fourth-order valence-electron chi connectivity index (χ4n) is 3.16. The summed E-state index contributed by atoms with van der Waals surface area (Å²) in [4.78, 5) is 30.3. The van der Waals surface area contributed by atoms with Gasteiger partial charge in [0, 0.05) is 29.8 Å². The van der Waals surface area contributed by atoms with Gasteiger partial charge in [0.2, 0.25) is 5.88 Å². The Morgan fingerprint density at radius 1 is 0.788 bits per heavy atom. The Morgan fingerprint density at radius 2 is 1.42 bits per heavy atom. The fourth-order valence-corrected chi connectivity index (χ4v) is 3.16. The fraction of sp³-hybridized carbons (Fsp3) is 0.0909. The van der Waals surface area contributed by atoms with Gasteiger partial charge in [-0.15, -0.1) is 0 Å². The average molecular weight is 448 g/mol. The van der Waals surface area contributed by atoms with E-state index in [9.17, 15) is 20.2 Å². The molecule has 0 radical (unpaired) electrons. The van der Waals surface area contributed by atoms with Crippen LogP contribution >= 0.6 is 0 Å². The number of nitrogens with zero attached hydrogens (tertiary/aromatic N) is 4. The third kappa shape index (κ3) is 4.32. The normalized spacial score (nSPS) is 10.6. The molecule has 4 aromatic rings. The molecule has 1 aromatic heterocycles. The highest BCUT2D eigenvalue weighted by molar-refractivity contribution is 5.89. The Bertz CT molecular complexity index is 1350. The van der Waals surface area contributed by atoms with E-state index < -0.39 is 21.2 Å². The van der Waals surface area contributed by atoms with E-state index in [0.29, 0.717) is 22.8 Å². The number of benzene rings is 3. The number of hydrogen-bond donors (Lipinski definition) is 0. The lowest BCUT2D eigenvalue weighted by Crippen LogP contribution is -2.01. The van der Waals surface area contributed by atoms with Crippen LogP contribution in [0.25, 0.3) is 22.3 Å². The number of nitro groups is 2. The lowest BCUT2D eigenvalue weighted by atomic mass is 10.1. The summed E-state index contributed by atoms with van der Waals surface area (Å²) in [5.74, 6) is 1.23. The van der Waals surface area contributed by atoms with Crippen LogP contribution in [0.2, 0.25) is 0 Å². The minimum Gasteiger partial charge on any atom is -0.496 e. The second-order valence-electron chi connectivity index (χ2n) is 6.74. The highest BCUT2D eigenvalue weighted by atomic mass is 16.6. The number of hydrogen-bond acceptors (Lipinski definition) is 9. The van der Waals surface area contributed by atoms with Crippen molar-refractivity contribution in [1.29, 1.82) is 0 Å². The summed E-state index contributed by atoms with van der Waals surface area (Å²) in [5.41, 5.74) is -0.352. The van der Waals surface area contributed by atoms with E-state index in [2.05, 4.69) is 9.97 Å². The van der Waals surface area contributed by atoms with E-state index in [1.54, 1.807) is 48.5 Å². The molecule has 4 rings (SSSR count). The summed E-state index contributed by atoms with van der Waals surface area (Å²) in [6.07, 6.45) is 0. The topological polar surface area (TPSA) is 140 Å². The van der Waals surface area contributed by atoms with Crippen LogP contribution < -0.4 is 14.2 Å². The molecule has 0 aliphatic heterocycles. The summed E-state index contributed by atoms with van der Waals surface area (Å²) in [6, 6.07) is 15.6. The molecule has 0 saturated carbocycles. The van der Waals surface area contributed by atoms with Crippen LogP contribution in [-0.4, -0.2) is 34.0 Å². The highest BCUT2D eigenvalue weighted by Gasteiger charge is 2.24. The van der Waals surface area contributed by atoms with E-state index in [0.717, 1.165) is 12.1 Å². The first kappa shape index (κ1) is 21.4. The largest absolute Gasteiger partial charge is 0.496 e. The van der Waals surface area contributed by atoms with Gasteiger partial charge in [0.1, 0.15) is 28.5 Å². The van der Waals surface area contributed by atoms with Gasteiger partial charge in [0.15, 0.2) is 5.52 Å². The monoisotopic (exact) mass is 448 g/mol. The average Bonchev–Trinajstić information content (AvgIpc) is 2.82. The quantitative estimate of drug-likeness (QED) is 0.284. The molecular weight excluding hydrogens is 432 g/mol. The van der Waals surface area contributed by atoms with Gasteiger partial charge in [-0.05, 0) is 0 Å². The van der Waals surface area contributed by atoms with Gasteiger partial charge in [0.25, 0.3) is 5.69 Å². The predicted octanol–water partition coefficient (Wildman–Crippen LogP) is 4.92. The summed E-state index contributed by atoms with van der Waals surface area (Å²) < 4.78 is 16.5. The molecule has 33 heavy (non-hydrogen) atoms. The standard InChI is InChI=1S/C22H16N4O7/c1-31-15-10-16(32-2)12-17(11-15)33-22-20(13-6-4-3-5-7-13)24-21-18(23-22)8-14(25(27)28)9-19(21)26(29)30/h3-12H,1-2H3. The molecule has 166 valence electrons. The molecule has 11 nitrogen and oxygen atoms in total. The van der Waals surface area contributed by atoms with E-state index in [1.165, 1.54) is 14.2 Å². The summed E-state index contributed by atoms with van der Waals surface area (Å²) in [6.45, 7) is 0. The number of methoxy groups -OCH3 is 2. The number of aromatic nitrogens is 2. The molecule has 0 spiro atoms. The maximum absolute atomic E-state index is 11.6. The molecule has 0 saturated heterocycles. The Labute approximate surface area is 186 Å². The number of non-ortho nitro benzene ring substituents is 2. The number of nitro benzene ring substituents is 2. The van der Waals surface area contributed by atoms with Crippen molar-refractivity contribution in [3.05, 3.63) is 80.9 Å². The molecule has 0 amide bonds. The first-order valence-electron chi connectivity index (χ1n) is 9.50. The van der Waals surface area contributed by atoms with Crippen LogP contribution in [0.3, 0.4) is 0 Å². The molecule has 0 unspecified atom stereocenters. The molecule has 0 fully saturated rings. The van der Waals surface area contributed by atoms with Crippen LogP contribution in [0, 0.1) is 20.2 Å². The Balaban J connectivity index is 1.97. The van der Waals surface area contributed by atoms with Crippen molar-refractivity contribution in [3.8, 4) is 34.4 Å². The molecule has 1 heterocycles. The van der Waals surface area contributed by atoms with E-state index in [4.69, 9.17) is 14.2 Å². The van der Waals surface area contributed by atoms with E-state index in [1.807, 2.05) is 0 Å². The van der Waals surface area contributed by atoms with Gasteiger partial charge >= 0.3 is 5.69 Å². The minimum absolute atomic E-state index is 0.00111. The van der Waals surface area contributed by atoms with Gasteiger partial charge < -0.3 is 14.2 Å². The molecule has 0 bridgehead atoms. The number of rotatable bonds is 7. The maximum Gasteiger partial charge on any atom is 0.303 e. The molecule has 0 atom stereocenters. The van der Waals surface area contributed by atoms with Crippen molar-refractivity contribution < 1.29 is 24.1 Å². The lowest BCUT2D eigenvalue weighted by Gasteiger charge is -2.13. The molecule has 11 heteroatoms. The zero-order valence-corrected chi connectivity index (χ0v) is 17.4. The molecule has 3 aromatic carbocycles. The van der Waals surface area contributed by atoms with Crippen LogP contribution in [0.1, 0.15) is 0 Å². The Morgan fingerprint density at radius 3 is 2.00 bits per heavy atom. The summed E-state index contributed by atoms with van der Waals surface area (Å²) in [7, 11) is 2.98. The predicted molar refractivity (Wildman–Crippen MR) is 118 cm³/mol. The first-order valence-corrected chi connectivity index (χ1v) is 9.50. The van der Waals surface area contributed by atoms with Gasteiger partial charge in [-0.3, -0.25) is 20.2 Å². The second kappa shape index (κ2) is 8.75. The van der Waals surface area contributed by atoms with Crippen LogP contribution in [0.15, 0.2) is 60.7 Å². The third-order valence-corrected chi connectivity index (χ3v) is 4.70. The molecule has 0 N–H and O–H groups in total. The second-order valence-corrected chi connectivity index (χ2v) is 6.74. The zero-order valence-electron chi connectivity index (χ0n) is 17.4. The molecular formula is C22H16N4O7. The summed E-state index contributed by atoms with van der Waals surface area (Å²) >= 11 is 0. The minimum atomic E-state index is -0.730. The van der Waals surface area contributed by atoms with Crippen molar-refractivity contribution in [2.45, 2.75) is 0 Å². The van der Waals surface area contributed by atoms with E-state index >= 15 is 0 Å². The Hall–Kier alpha value is -4.80. The SMILES string of the molecule is COc1cc(OC)cc(Oc2nc3cc([N+](=O)[O-])cc([N+](=O)[O-])c3nc2-c2ccccc2)c1. The highest BCUT2D eigenvalue weighted by Crippen LogP contribution is 2.38. The molecule has 0 aliphatic carbocycles. The zero-order chi connectivity index (χ0) is 23.5. The van der Waals surface area contributed by atoms with Crippen molar-refractivity contribution >= 4 is 22.4 Å². The summed E-state index contributed by atoms with van der Waals surface area (Å²) in [5, 5.41) is 22.9. The van der Waals surface area contributed by atoms with Crippen molar-refractivity contribution in [2.24, 2.45) is 0 Å². The van der Waals surface area contributed by atoms with Crippen LogP contribution in [0.5, 0.6) is 23.1 Å². The lowest BCUT2D eigenvalue weighted by molar-refractivity contribution is -0.393. The smallest absolute Gasteiger partial charge is 0.303 e. The molecule has 0 aliphatic rings. The third-order valence-electron chi connectivity index (χ3n) is 4.70. The van der Waals surface area contributed by atoms with Crippen molar-refractivity contribution in [3.63, 3.8) is 0 Å². The van der Waals surface area contributed by atoms with Crippen molar-refractivity contribution in [1.82, 2.24) is 9.97 Å². The number of fused-ring (bicyclic) bond motifs is 1. The number of ether oxygens (including phenoxy) is 3. The first-order chi connectivity index (χ1) is 15.9. The van der Waals surface area contributed by atoms with Gasteiger partial charge in [-0.1, -0.05) is 30.3 Å². The van der Waals surface area contributed by atoms with Crippen molar-refractivity contribution in [2.75, 3.05) is 14.2 Å². The van der Waals surface area contributed by atoms with E-state index in [-0.39, 0.29) is 22.6 Å². The van der Waals surface area contributed by atoms with Gasteiger partial charge in [-0.2, -0.15) is 0 Å².